The summed E-state index contributed by atoms with van der Waals surface area (Å²) in [5.41, 5.74) is 0.830. The van der Waals surface area contributed by atoms with Gasteiger partial charge in [-0.25, -0.2) is 9.59 Å². The molecule has 0 saturated carbocycles. The molecular weight excluding hydrogens is 356 g/mol. The van der Waals surface area contributed by atoms with E-state index in [4.69, 9.17) is 9.47 Å². The second kappa shape index (κ2) is 6.91. The summed E-state index contributed by atoms with van der Waals surface area (Å²) in [5, 5.41) is 38.3. The van der Waals surface area contributed by atoms with Crippen molar-refractivity contribution in [1.82, 2.24) is 0 Å². The van der Waals surface area contributed by atoms with Gasteiger partial charge in [0.15, 0.2) is 23.0 Å². The third-order valence-electron chi connectivity index (χ3n) is 4.24. The molecule has 1 saturated heterocycles. The summed E-state index contributed by atoms with van der Waals surface area (Å²) in [7, 11) is 1.37. The maximum absolute atomic E-state index is 12.3. The molecule has 0 amide bonds. The highest BCUT2D eigenvalue weighted by molar-refractivity contribution is 6.01. The molecule has 140 valence electrons. The molecule has 1 heterocycles. The van der Waals surface area contributed by atoms with Gasteiger partial charge in [0.1, 0.15) is 0 Å². The molecule has 27 heavy (non-hydrogen) atoms. The zero-order valence-electron chi connectivity index (χ0n) is 14.1. The van der Waals surface area contributed by atoms with Crippen LogP contribution in [0.1, 0.15) is 17.0 Å². The monoisotopic (exact) mass is 372 g/mol. The Morgan fingerprint density at radius 2 is 1.78 bits per heavy atom. The number of carbonyl (C=O) groups excluding carboxylic acids is 1. The van der Waals surface area contributed by atoms with Crippen molar-refractivity contribution in [2.45, 2.75) is 12.0 Å². The van der Waals surface area contributed by atoms with Crippen LogP contribution in [0, 0.1) is 0 Å². The molecule has 8 heteroatoms. The number of carbonyl (C=O) groups is 2. The van der Waals surface area contributed by atoms with E-state index in [1.54, 1.807) is 0 Å². The fraction of sp³-hybridized carbons (Fsp3) is 0.158. The number of cyclic esters (lactones) is 1. The third-order valence-corrected chi connectivity index (χ3v) is 4.24. The van der Waals surface area contributed by atoms with Gasteiger partial charge in [-0.05, 0) is 41.5 Å². The van der Waals surface area contributed by atoms with Gasteiger partial charge < -0.3 is 29.9 Å². The first-order valence-corrected chi connectivity index (χ1v) is 7.86. The van der Waals surface area contributed by atoms with Crippen LogP contribution in [0.4, 0.5) is 0 Å². The van der Waals surface area contributed by atoms with Gasteiger partial charge in [-0.1, -0.05) is 12.1 Å². The number of methoxy groups -OCH3 is 1. The molecule has 0 aromatic heterocycles. The van der Waals surface area contributed by atoms with E-state index in [1.807, 2.05) is 0 Å². The van der Waals surface area contributed by atoms with Crippen LogP contribution in [-0.4, -0.2) is 45.6 Å². The lowest BCUT2D eigenvalue weighted by Gasteiger charge is -2.15. The van der Waals surface area contributed by atoms with E-state index in [2.05, 4.69) is 0 Å². The standard InChI is InChI=1S/C19H16O8/c1-26-15-7-9(2-4-13(15)21)6-11-16(17(18(23)24)27-19(11)25)10-3-5-12(20)14(22)8-10/h2-8,16-17,20-22H,1H3,(H,23,24)/b11-6+/t16-,17-/m1/s1. The first kappa shape index (κ1) is 18.1. The van der Waals surface area contributed by atoms with Gasteiger partial charge in [-0.2, -0.15) is 0 Å². The lowest BCUT2D eigenvalue weighted by molar-refractivity contribution is -0.156. The normalized spacial score (nSPS) is 20.5. The number of aromatic hydroxyl groups is 3. The summed E-state index contributed by atoms with van der Waals surface area (Å²) in [6.45, 7) is 0. The minimum absolute atomic E-state index is 0.0558. The third kappa shape index (κ3) is 3.37. The second-order valence-electron chi connectivity index (χ2n) is 5.92. The predicted octanol–water partition coefficient (Wildman–Crippen LogP) is 1.99. The van der Waals surface area contributed by atoms with Gasteiger partial charge in [-0.3, -0.25) is 0 Å². The number of benzene rings is 2. The summed E-state index contributed by atoms with van der Waals surface area (Å²) >= 11 is 0. The van der Waals surface area contributed by atoms with Gasteiger partial charge in [0, 0.05) is 5.57 Å². The minimum atomic E-state index is -1.48. The molecule has 2 aromatic carbocycles. The fourth-order valence-electron chi connectivity index (χ4n) is 2.93. The topological polar surface area (TPSA) is 134 Å². The Morgan fingerprint density at radius 3 is 2.41 bits per heavy atom. The molecule has 1 aliphatic rings. The quantitative estimate of drug-likeness (QED) is 0.364. The van der Waals surface area contributed by atoms with Crippen LogP contribution in [0.2, 0.25) is 0 Å². The molecule has 2 atom stereocenters. The van der Waals surface area contributed by atoms with Crippen molar-refractivity contribution >= 4 is 18.0 Å². The first-order chi connectivity index (χ1) is 12.8. The van der Waals surface area contributed by atoms with Crippen LogP contribution in [0.15, 0.2) is 42.0 Å². The van der Waals surface area contributed by atoms with E-state index in [1.165, 1.54) is 49.6 Å². The van der Waals surface area contributed by atoms with Crippen molar-refractivity contribution in [1.29, 1.82) is 0 Å². The van der Waals surface area contributed by atoms with Gasteiger partial charge in [-0.15, -0.1) is 0 Å². The maximum Gasteiger partial charge on any atom is 0.346 e. The molecule has 0 spiro atoms. The predicted molar refractivity (Wildman–Crippen MR) is 92.7 cm³/mol. The Labute approximate surface area is 153 Å². The van der Waals surface area contributed by atoms with Crippen molar-refractivity contribution in [2.24, 2.45) is 0 Å². The number of carboxylic acids is 1. The lowest BCUT2D eigenvalue weighted by Crippen LogP contribution is -2.25. The molecule has 0 unspecified atom stereocenters. The van der Waals surface area contributed by atoms with E-state index < -0.39 is 29.7 Å². The van der Waals surface area contributed by atoms with Crippen molar-refractivity contribution in [3.05, 3.63) is 53.1 Å². The number of rotatable bonds is 4. The number of phenolic OH excluding ortho intramolecular Hbond substituents is 3. The minimum Gasteiger partial charge on any atom is -0.504 e. The SMILES string of the molecule is COc1cc(/C=C2/C(=O)O[C@@H](C(=O)O)[C@@H]2c2ccc(O)c(O)c2)ccc1O. The summed E-state index contributed by atoms with van der Waals surface area (Å²) < 4.78 is 10.0. The van der Waals surface area contributed by atoms with E-state index in [0.717, 1.165) is 0 Å². The Kier molecular flexibility index (Phi) is 4.64. The van der Waals surface area contributed by atoms with E-state index in [0.29, 0.717) is 11.1 Å². The molecule has 4 N–H and O–H groups in total. The fourth-order valence-corrected chi connectivity index (χ4v) is 2.93. The average molecular weight is 372 g/mol. The second-order valence-corrected chi connectivity index (χ2v) is 5.92. The summed E-state index contributed by atoms with van der Waals surface area (Å²) in [6, 6.07) is 8.17. The van der Waals surface area contributed by atoms with Crippen molar-refractivity contribution < 1.29 is 39.5 Å². The summed E-state index contributed by atoms with van der Waals surface area (Å²) in [4.78, 5) is 23.9. The van der Waals surface area contributed by atoms with Crippen LogP contribution in [-0.2, 0) is 14.3 Å². The molecule has 8 nitrogen and oxygen atoms in total. The van der Waals surface area contributed by atoms with E-state index >= 15 is 0 Å². The highest BCUT2D eigenvalue weighted by Crippen LogP contribution is 2.41. The zero-order chi connectivity index (χ0) is 19.7. The Balaban J connectivity index is 2.11. The number of hydrogen-bond donors (Lipinski definition) is 4. The number of esters is 1. The maximum atomic E-state index is 12.3. The van der Waals surface area contributed by atoms with Crippen LogP contribution >= 0.6 is 0 Å². The number of aliphatic carboxylic acids is 1. The van der Waals surface area contributed by atoms with Crippen LogP contribution in [0.3, 0.4) is 0 Å². The zero-order valence-corrected chi connectivity index (χ0v) is 14.1. The highest BCUT2D eigenvalue weighted by Gasteiger charge is 2.45. The highest BCUT2D eigenvalue weighted by atomic mass is 16.6. The number of phenols is 3. The molecule has 1 aliphatic heterocycles. The largest absolute Gasteiger partial charge is 0.504 e. The average Bonchev–Trinajstić information content (AvgIpc) is 2.96. The van der Waals surface area contributed by atoms with Gasteiger partial charge in [0.05, 0.1) is 13.0 Å². The molecular formula is C19H16O8. The lowest BCUT2D eigenvalue weighted by atomic mass is 9.87. The van der Waals surface area contributed by atoms with Crippen LogP contribution < -0.4 is 4.74 Å². The number of hydrogen-bond acceptors (Lipinski definition) is 7. The van der Waals surface area contributed by atoms with Crippen molar-refractivity contribution in [3.63, 3.8) is 0 Å². The smallest absolute Gasteiger partial charge is 0.346 e. The summed E-state index contributed by atoms with van der Waals surface area (Å²) in [5.74, 6) is -3.87. The van der Waals surface area contributed by atoms with E-state index in [9.17, 15) is 30.0 Å². The number of carboxylic acid groups (broad SMARTS) is 1. The number of ether oxygens (including phenoxy) is 2. The van der Waals surface area contributed by atoms with E-state index in [-0.39, 0.29) is 22.8 Å². The molecule has 0 bridgehead atoms. The Hall–Kier alpha value is -3.68. The van der Waals surface area contributed by atoms with Crippen molar-refractivity contribution in [3.8, 4) is 23.0 Å². The van der Waals surface area contributed by atoms with Gasteiger partial charge in [0.25, 0.3) is 0 Å². The molecule has 1 fully saturated rings. The van der Waals surface area contributed by atoms with Crippen LogP contribution in [0.5, 0.6) is 23.0 Å². The Morgan fingerprint density at radius 1 is 1.07 bits per heavy atom. The molecule has 0 radical (unpaired) electrons. The van der Waals surface area contributed by atoms with Crippen LogP contribution in [0.25, 0.3) is 6.08 Å². The van der Waals surface area contributed by atoms with Gasteiger partial charge >= 0.3 is 11.9 Å². The molecule has 0 aliphatic carbocycles. The van der Waals surface area contributed by atoms with Gasteiger partial charge in [0.2, 0.25) is 6.10 Å². The molecule has 3 rings (SSSR count). The van der Waals surface area contributed by atoms with Crippen molar-refractivity contribution in [2.75, 3.05) is 7.11 Å². The molecule has 2 aromatic rings. The first-order valence-electron chi connectivity index (χ1n) is 7.86. The Bertz CT molecular complexity index is 947. The summed E-state index contributed by atoms with van der Waals surface area (Å²) in [6.07, 6.45) is -0.0476.